The molecule has 6 rings (SSSR count). The summed E-state index contributed by atoms with van der Waals surface area (Å²) in [6.07, 6.45) is 0.350. The number of sulfonamides is 2. The molecule has 3 aromatic carbocycles. The van der Waals surface area contributed by atoms with Gasteiger partial charge in [0.05, 0.1) is 0 Å². The summed E-state index contributed by atoms with van der Waals surface area (Å²) in [4.78, 5) is 12.4. The van der Waals surface area contributed by atoms with Gasteiger partial charge in [-0.1, -0.05) is 0 Å². The van der Waals surface area contributed by atoms with Crippen molar-refractivity contribution in [3.05, 3.63) is 90.0 Å². The van der Waals surface area contributed by atoms with Gasteiger partial charge in [-0.25, -0.2) is 0 Å². The van der Waals surface area contributed by atoms with E-state index in [2.05, 4.69) is 0 Å². The molecule has 0 aromatic heterocycles. The number of nitrogens with zero attached hydrogens (tertiary/aromatic N) is 2. The fourth-order valence-electron chi connectivity index (χ4n) is 5.21. The zero-order chi connectivity index (χ0) is 26.4. The van der Waals surface area contributed by atoms with E-state index in [1.807, 2.05) is 44.2 Å². The normalized spacial score (nSPS) is 23.4. The molecule has 0 spiro atoms. The number of benzene rings is 3. The van der Waals surface area contributed by atoms with Crippen LogP contribution in [0, 0.1) is 25.7 Å². The summed E-state index contributed by atoms with van der Waals surface area (Å²) >= 11 is 0.00643. The Morgan fingerprint density at radius 3 is 2.00 bits per heavy atom. The molecule has 0 radical (unpaired) electrons. The van der Waals surface area contributed by atoms with E-state index < -0.39 is 20.0 Å². The third kappa shape index (κ3) is 4.77. The third-order valence-corrected chi connectivity index (χ3v) is 13.9. The van der Waals surface area contributed by atoms with Crippen LogP contribution in [-0.4, -0.2) is 65.9 Å². The molecule has 1 amide bonds. The van der Waals surface area contributed by atoms with Crippen molar-refractivity contribution >= 4 is 45.9 Å². The Labute approximate surface area is 224 Å². The maximum absolute atomic E-state index is 13.7. The number of hydrogen-bond acceptors (Lipinski definition) is 5. The van der Waals surface area contributed by atoms with Crippen molar-refractivity contribution in [2.45, 2.75) is 34.5 Å². The summed E-state index contributed by atoms with van der Waals surface area (Å²) < 4.78 is 57.4. The number of carbonyl (C=O) groups excluding carboxylic acids is 1. The van der Waals surface area contributed by atoms with Crippen LogP contribution in [0.5, 0.6) is 0 Å². The minimum absolute atomic E-state index is 0.00643. The summed E-state index contributed by atoms with van der Waals surface area (Å²) in [6.45, 7) is 4.04. The van der Waals surface area contributed by atoms with Crippen molar-refractivity contribution < 1.29 is 21.6 Å². The van der Waals surface area contributed by atoms with Crippen molar-refractivity contribution in [2.75, 3.05) is 13.1 Å². The second-order valence-corrected chi connectivity index (χ2v) is 16.0. The molecule has 4 atom stereocenters. The molecule has 7 nitrogen and oxygen atoms in total. The predicted molar refractivity (Wildman–Crippen MR) is 143 cm³/mol. The second kappa shape index (κ2) is 10.0. The molecule has 1 saturated carbocycles. The van der Waals surface area contributed by atoms with Gasteiger partial charge in [-0.15, -0.1) is 0 Å². The Morgan fingerprint density at radius 1 is 0.865 bits per heavy atom. The quantitative estimate of drug-likeness (QED) is 0.277. The molecular formula is C27H28N2O5S2Se. The molecule has 10 heteroatoms. The van der Waals surface area contributed by atoms with Crippen molar-refractivity contribution in [3.8, 4) is 0 Å². The van der Waals surface area contributed by atoms with Crippen LogP contribution in [0.1, 0.15) is 11.1 Å². The minimum atomic E-state index is -4.04. The first-order chi connectivity index (χ1) is 17.6. The van der Waals surface area contributed by atoms with Gasteiger partial charge in [-0.05, 0) is 0 Å². The van der Waals surface area contributed by atoms with Gasteiger partial charge in [-0.2, -0.15) is 0 Å². The fourth-order valence-corrected chi connectivity index (χ4v) is 11.7. The summed E-state index contributed by atoms with van der Waals surface area (Å²) in [5, 5.41) is 0. The monoisotopic (exact) mass is 604 g/mol. The van der Waals surface area contributed by atoms with Crippen molar-refractivity contribution in [2.24, 2.45) is 11.8 Å². The Bertz CT molecular complexity index is 1490. The van der Waals surface area contributed by atoms with E-state index in [9.17, 15) is 21.6 Å². The molecule has 3 aromatic rings. The van der Waals surface area contributed by atoms with Gasteiger partial charge < -0.3 is 0 Å². The van der Waals surface area contributed by atoms with Gasteiger partial charge in [0.1, 0.15) is 0 Å². The van der Waals surface area contributed by atoms with E-state index in [-0.39, 0.29) is 54.0 Å². The first-order valence-electron chi connectivity index (χ1n) is 12.0. The summed E-state index contributed by atoms with van der Waals surface area (Å²) in [5.41, 5.74) is 1.88. The molecule has 2 bridgehead atoms. The summed E-state index contributed by atoms with van der Waals surface area (Å²) in [6, 6.07) is 22.8. The number of aryl methyl sites for hydroxylation is 2. The van der Waals surface area contributed by atoms with Crippen LogP contribution >= 0.6 is 0 Å². The van der Waals surface area contributed by atoms with Crippen LogP contribution in [0.4, 0.5) is 0 Å². The van der Waals surface area contributed by atoms with Crippen LogP contribution in [0.2, 0.25) is 4.82 Å². The molecule has 2 saturated heterocycles. The van der Waals surface area contributed by atoms with Crippen molar-refractivity contribution in [1.29, 1.82) is 0 Å². The molecular weight excluding hydrogens is 575 g/mol. The van der Waals surface area contributed by atoms with Crippen LogP contribution < -0.4 is 4.46 Å². The van der Waals surface area contributed by atoms with E-state index in [4.69, 9.17) is 0 Å². The van der Waals surface area contributed by atoms with E-state index in [0.717, 1.165) is 15.4 Å². The average molecular weight is 604 g/mol. The molecule has 2 aliphatic heterocycles. The SMILES string of the molecule is Cc1ccc(S(=O)(=O)N(C=O)C[C@H]2[C@H]3CN(S(=O)(=O)c4ccc(C)cc4)[C@@H]2[C@@H]3[Se]c2ccccc2)cc1. The topological polar surface area (TPSA) is 91.8 Å². The van der Waals surface area contributed by atoms with Crippen molar-refractivity contribution in [3.63, 3.8) is 0 Å². The average Bonchev–Trinajstić information content (AvgIpc) is 3.46. The van der Waals surface area contributed by atoms with Crippen LogP contribution in [0.15, 0.2) is 88.7 Å². The Morgan fingerprint density at radius 2 is 1.43 bits per heavy atom. The van der Waals surface area contributed by atoms with Crippen molar-refractivity contribution in [1.82, 2.24) is 8.61 Å². The first kappa shape index (κ1) is 26.1. The molecule has 37 heavy (non-hydrogen) atoms. The summed E-state index contributed by atoms with van der Waals surface area (Å²) in [7, 11) is -7.81. The standard InChI is InChI=1S/C27H28N2O5S2Se/c1-19-8-12-21(13-9-19)35(31,32)28(18-30)16-24-25-17-29(36(33,34)22-14-10-20(2)11-15-22)26(24)27(25)37-23-6-4-3-5-7-23/h3-15,18,24-27H,16-17H2,1-2H3/t24-,25+,26-,27+/m0/s1. The first-order valence-corrected chi connectivity index (χ1v) is 16.7. The van der Waals surface area contributed by atoms with Crippen LogP contribution in [0.3, 0.4) is 0 Å². The fraction of sp³-hybridized carbons (Fsp3) is 0.296. The van der Waals surface area contributed by atoms with Gasteiger partial charge in [0.25, 0.3) is 0 Å². The zero-order valence-electron chi connectivity index (χ0n) is 20.5. The molecule has 3 fully saturated rings. The zero-order valence-corrected chi connectivity index (χ0v) is 23.8. The Kier molecular flexibility index (Phi) is 7.06. The maximum atomic E-state index is 13.7. The predicted octanol–water partition coefficient (Wildman–Crippen LogP) is 2.59. The second-order valence-electron chi connectivity index (χ2n) is 9.59. The van der Waals surface area contributed by atoms with Gasteiger partial charge in [0.2, 0.25) is 0 Å². The van der Waals surface area contributed by atoms with Gasteiger partial charge >= 0.3 is 226 Å². The molecule has 194 valence electrons. The van der Waals surface area contributed by atoms with Gasteiger partial charge in [0, 0.05) is 0 Å². The summed E-state index contributed by atoms with van der Waals surface area (Å²) in [5.74, 6) is -0.290. The number of rotatable bonds is 9. The molecule has 1 aliphatic carbocycles. The van der Waals surface area contributed by atoms with E-state index in [1.165, 1.54) is 16.6 Å². The number of hydrogen-bond donors (Lipinski definition) is 0. The van der Waals surface area contributed by atoms with E-state index in [1.54, 1.807) is 40.7 Å². The van der Waals surface area contributed by atoms with Gasteiger partial charge in [-0.3, -0.25) is 0 Å². The molecule has 2 heterocycles. The molecule has 0 N–H and O–H groups in total. The number of fused-ring (bicyclic) bond motifs is 1. The third-order valence-electron chi connectivity index (χ3n) is 7.25. The molecule has 3 aliphatic rings. The number of amides is 1. The van der Waals surface area contributed by atoms with Crippen LogP contribution in [0.25, 0.3) is 0 Å². The van der Waals surface area contributed by atoms with Gasteiger partial charge in [0.15, 0.2) is 0 Å². The molecule has 0 unspecified atom stereocenters. The van der Waals surface area contributed by atoms with E-state index >= 15 is 0 Å². The van der Waals surface area contributed by atoms with E-state index in [0.29, 0.717) is 13.0 Å². The Hall–Kier alpha value is -2.49. The van der Waals surface area contributed by atoms with Crippen LogP contribution in [-0.2, 0) is 24.8 Å². The number of carbonyl (C=O) groups is 1. The Balaban J connectivity index is 1.44.